The van der Waals surface area contributed by atoms with Gasteiger partial charge in [0.25, 0.3) is 5.91 Å². The molecule has 1 atom stereocenters. The molecule has 3 N–H and O–H groups in total. The highest BCUT2D eigenvalue weighted by atomic mass is 79.9. The van der Waals surface area contributed by atoms with Crippen molar-refractivity contribution >= 4 is 33.7 Å². The number of phenols is 1. The molecule has 0 saturated heterocycles. The lowest BCUT2D eigenvalue weighted by Gasteiger charge is -2.13. The average Bonchev–Trinajstić information content (AvgIpc) is 2.60. The molecular formula is C19H20BrN3O2. The lowest BCUT2D eigenvalue weighted by atomic mass is 10.1. The molecular weight excluding hydrogens is 382 g/mol. The largest absolute Gasteiger partial charge is 0.507 e. The molecule has 5 nitrogen and oxygen atoms in total. The molecule has 1 unspecified atom stereocenters. The van der Waals surface area contributed by atoms with Gasteiger partial charge in [-0.1, -0.05) is 34.1 Å². The fraction of sp³-hybridized carbons (Fsp3) is 0.158. The predicted molar refractivity (Wildman–Crippen MR) is 105 cm³/mol. The number of hydrazone groups is 1. The monoisotopic (exact) mass is 401 g/mol. The quantitative estimate of drug-likeness (QED) is 0.374. The third-order valence-corrected chi connectivity index (χ3v) is 4.04. The molecule has 0 saturated carbocycles. The number of benzene rings is 2. The molecule has 2 aromatic carbocycles. The van der Waals surface area contributed by atoms with Gasteiger partial charge in [-0.2, -0.15) is 5.10 Å². The smallest absolute Gasteiger partial charge is 0.262 e. The van der Waals surface area contributed by atoms with Crippen LogP contribution in [-0.2, 0) is 11.2 Å². The second-order valence-electron chi connectivity index (χ2n) is 5.45. The standard InChI is InChI=1S/C19H20BrN3O2/c1-3-5-14-6-4-7-15(18(14)24)12-21-23-19(25)13(2)22-17-10-8-16(20)9-11-17/h3-4,6-13,22,24H,1,5H2,2H3,(H,23,25). The van der Waals surface area contributed by atoms with E-state index in [4.69, 9.17) is 0 Å². The normalized spacial score (nSPS) is 11.9. The fourth-order valence-corrected chi connectivity index (χ4v) is 2.42. The van der Waals surface area contributed by atoms with Gasteiger partial charge < -0.3 is 10.4 Å². The summed E-state index contributed by atoms with van der Waals surface area (Å²) in [6.07, 6.45) is 3.70. The molecule has 0 radical (unpaired) electrons. The highest BCUT2D eigenvalue weighted by molar-refractivity contribution is 9.10. The molecule has 0 aliphatic carbocycles. The maximum Gasteiger partial charge on any atom is 0.262 e. The van der Waals surface area contributed by atoms with E-state index in [1.54, 1.807) is 19.1 Å². The Balaban J connectivity index is 1.94. The van der Waals surface area contributed by atoms with Crippen molar-refractivity contribution < 1.29 is 9.90 Å². The summed E-state index contributed by atoms with van der Waals surface area (Å²) in [6.45, 7) is 5.40. The molecule has 2 rings (SSSR count). The molecule has 0 spiro atoms. The van der Waals surface area contributed by atoms with E-state index in [1.807, 2.05) is 36.4 Å². The van der Waals surface area contributed by atoms with Crippen molar-refractivity contribution in [3.8, 4) is 5.75 Å². The number of hydrogen-bond donors (Lipinski definition) is 3. The number of nitrogens with zero attached hydrogens (tertiary/aromatic N) is 1. The van der Waals surface area contributed by atoms with Gasteiger partial charge in [-0.15, -0.1) is 6.58 Å². The molecule has 0 aromatic heterocycles. The summed E-state index contributed by atoms with van der Waals surface area (Å²) in [7, 11) is 0. The number of anilines is 1. The lowest BCUT2D eigenvalue weighted by Crippen LogP contribution is -2.34. The molecule has 0 aliphatic rings. The van der Waals surface area contributed by atoms with Crippen LogP contribution in [0.1, 0.15) is 18.1 Å². The number of halogens is 1. The molecule has 0 fully saturated rings. The van der Waals surface area contributed by atoms with Gasteiger partial charge in [-0.05, 0) is 49.2 Å². The number of amides is 1. The van der Waals surface area contributed by atoms with Gasteiger partial charge >= 0.3 is 0 Å². The van der Waals surface area contributed by atoms with Gasteiger partial charge in [0.2, 0.25) is 0 Å². The van der Waals surface area contributed by atoms with E-state index in [1.165, 1.54) is 6.21 Å². The summed E-state index contributed by atoms with van der Waals surface area (Å²) < 4.78 is 0.971. The van der Waals surface area contributed by atoms with Crippen LogP contribution in [0, 0.1) is 0 Å². The molecule has 25 heavy (non-hydrogen) atoms. The van der Waals surface area contributed by atoms with E-state index in [-0.39, 0.29) is 11.7 Å². The van der Waals surface area contributed by atoms with Crippen LogP contribution < -0.4 is 10.7 Å². The number of nitrogens with one attached hydrogen (secondary N) is 2. The second kappa shape index (κ2) is 9.03. The van der Waals surface area contributed by atoms with Crippen LogP contribution in [0.5, 0.6) is 5.75 Å². The zero-order valence-electron chi connectivity index (χ0n) is 13.9. The van der Waals surface area contributed by atoms with Crippen molar-refractivity contribution in [1.82, 2.24) is 5.43 Å². The molecule has 0 aliphatic heterocycles. The first kappa shape index (κ1) is 18.7. The zero-order chi connectivity index (χ0) is 18.2. The number of hydrogen-bond acceptors (Lipinski definition) is 4. The number of carbonyl (C=O) groups is 1. The van der Waals surface area contributed by atoms with Crippen LogP contribution in [0.2, 0.25) is 0 Å². The van der Waals surface area contributed by atoms with Gasteiger partial charge in [-0.3, -0.25) is 4.79 Å². The average molecular weight is 402 g/mol. The summed E-state index contributed by atoms with van der Waals surface area (Å²) in [5.74, 6) is -0.137. The third-order valence-electron chi connectivity index (χ3n) is 3.51. The Hall–Kier alpha value is -2.60. The van der Waals surface area contributed by atoms with Crippen molar-refractivity contribution in [3.63, 3.8) is 0 Å². The minimum atomic E-state index is -0.459. The first-order valence-corrected chi connectivity index (χ1v) is 8.57. The van der Waals surface area contributed by atoms with Crippen LogP contribution >= 0.6 is 15.9 Å². The van der Waals surface area contributed by atoms with Crippen molar-refractivity contribution in [1.29, 1.82) is 0 Å². The topological polar surface area (TPSA) is 73.7 Å². The molecule has 130 valence electrons. The third kappa shape index (κ3) is 5.46. The first-order valence-electron chi connectivity index (χ1n) is 7.78. The maximum absolute atomic E-state index is 12.1. The highest BCUT2D eigenvalue weighted by Gasteiger charge is 2.11. The van der Waals surface area contributed by atoms with Crippen molar-refractivity contribution in [2.75, 3.05) is 5.32 Å². The number of allylic oxidation sites excluding steroid dienone is 1. The maximum atomic E-state index is 12.1. The Labute approximate surface area is 155 Å². The number of aromatic hydroxyl groups is 1. The molecule has 6 heteroatoms. The second-order valence-corrected chi connectivity index (χ2v) is 6.37. The Morgan fingerprint density at radius 1 is 1.32 bits per heavy atom. The number of para-hydroxylation sites is 1. The fourth-order valence-electron chi connectivity index (χ4n) is 2.16. The summed E-state index contributed by atoms with van der Waals surface area (Å²) in [6, 6.07) is 12.4. The van der Waals surface area contributed by atoms with Gasteiger partial charge in [0, 0.05) is 15.7 Å². The van der Waals surface area contributed by atoms with Crippen molar-refractivity contribution in [2.24, 2.45) is 5.10 Å². The molecule has 0 heterocycles. The molecule has 2 aromatic rings. The van der Waals surface area contributed by atoms with E-state index in [9.17, 15) is 9.90 Å². The van der Waals surface area contributed by atoms with Gasteiger partial charge in [-0.25, -0.2) is 5.43 Å². The minimum Gasteiger partial charge on any atom is -0.507 e. The van der Waals surface area contributed by atoms with Crippen molar-refractivity contribution in [3.05, 3.63) is 70.7 Å². The Bertz CT molecular complexity index is 773. The lowest BCUT2D eigenvalue weighted by molar-refractivity contribution is -0.121. The molecule has 0 bridgehead atoms. The van der Waals surface area contributed by atoms with Crippen LogP contribution in [0.15, 0.2) is 64.7 Å². The van der Waals surface area contributed by atoms with Gasteiger partial charge in [0.15, 0.2) is 0 Å². The SMILES string of the molecule is C=CCc1cccc(C=NNC(=O)C(C)Nc2ccc(Br)cc2)c1O. The predicted octanol–water partition coefficient (Wildman–Crippen LogP) is 3.83. The van der Waals surface area contributed by atoms with Crippen molar-refractivity contribution in [2.45, 2.75) is 19.4 Å². The van der Waals surface area contributed by atoms with E-state index >= 15 is 0 Å². The van der Waals surface area contributed by atoms with E-state index in [2.05, 4.69) is 38.4 Å². The number of carbonyl (C=O) groups excluding carboxylic acids is 1. The Morgan fingerprint density at radius 3 is 2.72 bits per heavy atom. The highest BCUT2D eigenvalue weighted by Crippen LogP contribution is 2.21. The Morgan fingerprint density at radius 2 is 2.04 bits per heavy atom. The first-order chi connectivity index (χ1) is 12.0. The summed E-state index contributed by atoms with van der Waals surface area (Å²) >= 11 is 3.37. The summed E-state index contributed by atoms with van der Waals surface area (Å²) in [5.41, 5.74) is 4.60. The van der Waals surface area contributed by atoms with Gasteiger partial charge in [0.05, 0.1) is 6.21 Å². The zero-order valence-corrected chi connectivity index (χ0v) is 15.5. The van der Waals surface area contributed by atoms with E-state index in [0.29, 0.717) is 12.0 Å². The van der Waals surface area contributed by atoms with E-state index < -0.39 is 6.04 Å². The van der Waals surface area contributed by atoms with Crippen LogP contribution in [0.4, 0.5) is 5.69 Å². The van der Waals surface area contributed by atoms with Crippen LogP contribution in [0.25, 0.3) is 0 Å². The summed E-state index contributed by atoms with van der Waals surface area (Å²) in [5, 5.41) is 17.2. The van der Waals surface area contributed by atoms with Gasteiger partial charge in [0.1, 0.15) is 11.8 Å². The summed E-state index contributed by atoms with van der Waals surface area (Å²) in [4.78, 5) is 12.1. The molecule has 1 amide bonds. The van der Waals surface area contributed by atoms with Crippen LogP contribution in [-0.4, -0.2) is 23.3 Å². The number of phenolic OH excluding ortho intramolecular Hbond substituents is 1. The van der Waals surface area contributed by atoms with E-state index in [0.717, 1.165) is 15.7 Å². The minimum absolute atomic E-state index is 0.140. The number of rotatable bonds is 7. The van der Waals surface area contributed by atoms with Crippen LogP contribution in [0.3, 0.4) is 0 Å². The Kier molecular flexibility index (Phi) is 6.77.